The van der Waals surface area contributed by atoms with Crippen molar-refractivity contribution >= 4 is 37.4 Å². The third-order valence-corrected chi connectivity index (χ3v) is 6.58. The largest absolute Gasteiger partial charge is 0.396 e. The highest BCUT2D eigenvalue weighted by molar-refractivity contribution is 9.10. The van der Waals surface area contributed by atoms with Gasteiger partial charge >= 0.3 is 0 Å². The van der Waals surface area contributed by atoms with E-state index >= 15 is 0 Å². The molecule has 2 aromatic rings. The summed E-state index contributed by atoms with van der Waals surface area (Å²) in [6.45, 7) is 2.66. The second kappa shape index (κ2) is 4.80. The summed E-state index contributed by atoms with van der Waals surface area (Å²) in [4.78, 5) is 4.09. The van der Waals surface area contributed by atoms with Gasteiger partial charge in [-0.1, -0.05) is 15.9 Å². The molecule has 1 aromatic carbocycles. The standard InChI is InChI=1S/C16H18BrNOS/c17-13-1-2-15-12(5-13)6-14(20-15)9-18-4-3-16(18)7-11(8-16)10-19/h1-2,5-6,11,19H,3-4,7-10H2. The van der Waals surface area contributed by atoms with Gasteiger partial charge in [0.15, 0.2) is 0 Å². The van der Waals surface area contributed by atoms with Crippen LogP contribution < -0.4 is 0 Å². The van der Waals surface area contributed by atoms with E-state index in [4.69, 9.17) is 0 Å². The molecule has 4 rings (SSSR count). The van der Waals surface area contributed by atoms with Gasteiger partial charge in [-0.15, -0.1) is 11.3 Å². The number of benzene rings is 1. The number of thiophene rings is 1. The highest BCUT2D eigenvalue weighted by atomic mass is 79.9. The van der Waals surface area contributed by atoms with Crippen LogP contribution in [0.1, 0.15) is 24.1 Å². The van der Waals surface area contributed by atoms with E-state index in [1.807, 2.05) is 11.3 Å². The minimum Gasteiger partial charge on any atom is -0.396 e. The lowest BCUT2D eigenvalue weighted by Crippen LogP contribution is -2.66. The van der Waals surface area contributed by atoms with Crippen LogP contribution in [0.25, 0.3) is 10.1 Å². The summed E-state index contributed by atoms with van der Waals surface area (Å²) in [5.74, 6) is 0.552. The summed E-state index contributed by atoms with van der Waals surface area (Å²) in [7, 11) is 0. The Bertz CT molecular complexity index is 647. The molecule has 20 heavy (non-hydrogen) atoms. The molecule has 0 bridgehead atoms. The number of nitrogens with zero attached hydrogens (tertiary/aromatic N) is 1. The van der Waals surface area contributed by atoms with Crippen LogP contribution in [-0.2, 0) is 6.54 Å². The zero-order valence-electron chi connectivity index (χ0n) is 11.3. The molecule has 0 unspecified atom stereocenters. The van der Waals surface area contributed by atoms with Crippen LogP contribution in [0.5, 0.6) is 0 Å². The van der Waals surface area contributed by atoms with Gasteiger partial charge in [0.05, 0.1) is 0 Å². The zero-order chi connectivity index (χ0) is 13.7. The van der Waals surface area contributed by atoms with E-state index in [0.717, 1.165) is 11.0 Å². The maximum atomic E-state index is 9.21. The summed E-state index contributed by atoms with van der Waals surface area (Å²) in [6.07, 6.45) is 3.71. The van der Waals surface area contributed by atoms with Crippen molar-refractivity contribution in [2.45, 2.75) is 31.3 Å². The fourth-order valence-electron chi connectivity index (χ4n) is 3.77. The highest BCUT2D eigenvalue weighted by Crippen LogP contribution is 2.51. The second-order valence-corrected chi connectivity index (χ2v) is 8.33. The van der Waals surface area contributed by atoms with Gasteiger partial charge in [0.25, 0.3) is 0 Å². The molecule has 0 amide bonds. The van der Waals surface area contributed by atoms with Crippen molar-refractivity contribution in [2.75, 3.05) is 13.2 Å². The van der Waals surface area contributed by atoms with E-state index in [2.05, 4.69) is 45.1 Å². The highest BCUT2D eigenvalue weighted by Gasteiger charge is 2.53. The quantitative estimate of drug-likeness (QED) is 0.902. The number of aliphatic hydroxyl groups is 1. The SMILES string of the molecule is OCC1CC2(CCN2Cc2cc3cc(Br)ccc3s2)C1. The van der Waals surface area contributed by atoms with Crippen molar-refractivity contribution < 1.29 is 5.11 Å². The molecule has 1 spiro atoms. The van der Waals surface area contributed by atoms with Crippen molar-refractivity contribution in [3.8, 4) is 0 Å². The number of fused-ring (bicyclic) bond motifs is 1. The van der Waals surface area contributed by atoms with E-state index in [9.17, 15) is 5.11 Å². The van der Waals surface area contributed by atoms with Crippen LogP contribution in [0.4, 0.5) is 0 Å². The third kappa shape index (κ3) is 2.05. The molecule has 0 radical (unpaired) electrons. The Morgan fingerprint density at radius 2 is 2.20 bits per heavy atom. The molecule has 2 aliphatic rings. The molecule has 4 heteroatoms. The van der Waals surface area contributed by atoms with Gasteiger partial charge < -0.3 is 5.11 Å². The van der Waals surface area contributed by atoms with Crippen LogP contribution in [0.15, 0.2) is 28.7 Å². The lowest BCUT2D eigenvalue weighted by molar-refractivity contribution is -0.119. The monoisotopic (exact) mass is 351 g/mol. The smallest absolute Gasteiger partial charge is 0.0460 e. The van der Waals surface area contributed by atoms with E-state index < -0.39 is 0 Å². The first-order valence-electron chi connectivity index (χ1n) is 7.22. The Kier molecular flexibility index (Phi) is 3.18. The molecular weight excluding hydrogens is 334 g/mol. The average molecular weight is 352 g/mol. The summed E-state index contributed by atoms with van der Waals surface area (Å²) in [5.41, 5.74) is 0.435. The Hall–Kier alpha value is -0.420. The minimum atomic E-state index is 0.368. The predicted octanol–water partition coefficient (Wildman–Crippen LogP) is 4.01. The molecule has 1 saturated heterocycles. The summed E-state index contributed by atoms with van der Waals surface area (Å²) >= 11 is 5.45. The van der Waals surface area contributed by atoms with Crippen molar-refractivity contribution in [2.24, 2.45) is 5.92 Å². The minimum absolute atomic E-state index is 0.368. The van der Waals surface area contributed by atoms with E-state index in [-0.39, 0.29) is 0 Å². The van der Waals surface area contributed by atoms with Gasteiger partial charge in [0.1, 0.15) is 0 Å². The predicted molar refractivity (Wildman–Crippen MR) is 87.1 cm³/mol. The van der Waals surface area contributed by atoms with Crippen LogP contribution >= 0.6 is 27.3 Å². The molecular formula is C16H18BrNOS. The van der Waals surface area contributed by atoms with Gasteiger partial charge in [0.2, 0.25) is 0 Å². The molecule has 1 N–H and O–H groups in total. The van der Waals surface area contributed by atoms with Gasteiger partial charge in [-0.25, -0.2) is 0 Å². The fraction of sp³-hybridized carbons (Fsp3) is 0.500. The molecule has 1 aromatic heterocycles. The van der Waals surface area contributed by atoms with Crippen LogP contribution in [0.3, 0.4) is 0 Å². The normalized spacial score (nSPS) is 29.6. The number of hydrogen-bond donors (Lipinski definition) is 1. The summed E-state index contributed by atoms with van der Waals surface area (Å²) in [6, 6.07) is 8.85. The first-order chi connectivity index (χ1) is 9.68. The zero-order valence-corrected chi connectivity index (χ0v) is 13.7. The Morgan fingerprint density at radius 3 is 2.90 bits per heavy atom. The Morgan fingerprint density at radius 1 is 1.35 bits per heavy atom. The van der Waals surface area contributed by atoms with E-state index in [1.54, 1.807) is 0 Å². The maximum Gasteiger partial charge on any atom is 0.0460 e. The molecule has 1 aliphatic carbocycles. The van der Waals surface area contributed by atoms with Crippen LogP contribution in [0.2, 0.25) is 0 Å². The molecule has 2 fully saturated rings. The van der Waals surface area contributed by atoms with Gasteiger partial charge in [-0.2, -0.15) is 0 Å². The number of likely N-dealkylation sites (tertiary alicyclic amines) is 1. The second-order valence-electron chi connectivity index (χ2n) is 6.25. The lowest BCUT2D eigenvalue weighted by atomic mass is 9.61. The molecule has 106 valence electrons. The van der Waals surface area contributed by atoms with Crippen LogP contribution in [-0.4, -0.2) is 28.7 Å². The number of hydrogen-bond acceptors (Lipinski definition) is 3. The fourth-order valence-corrected chi connectivity index (χ4v) is 5.21. The molecule has 1 saturated carbocycles. The van der Waals surface area contributed by atoms with Crippen molar-refractivity contribution in [1.82, 2.24) is 4.90 Å². The van der Waals surface area contributed by atoms with Crippen molar-refractivity contribution in [1.29, 1.82) is 0 Å². The van der Waals surface area contributed by atoms with Crippen LogP contribution in [0, 0.1) is 5.92 Å². The molecule has 2 heterocycles. The maximum absolute atomic E-state index is 9.21. The summed E-state index contributed by atoms with van der Waals surface area (Å²) < 4.78 is 2.53. The Labute approximate surface area is 131 Å². The molecule has 0 atom stereocenters. The van der Waals surface area contributed by atoms with Crippen molar-refractivity contribution in [3.63, 3.8) is 0 Å². The number of aliphatic hydroxyl groups excluding tert-OH is 1. The van der Waals surface area contributed by atoms with E-state index in [1.165, 1.54) is 40.8 Å². The number of halogens is 1. The van der Waals surface area contributed by atoms with Gasteiger partial charge in [-0.05, 0) is 54.8 Å². The van der Waals surface area contributed by atoms with E-state index in [0.29, 0.717) is 18.1 Å². The van der Waals surface area contributed by atoms with Gasteiger partial charge in [0, 0.05) is 39.3 Å². The number of rotatable bonds is 3. The van der Waals surface area contributed by atoms with Gasteiger partial charge in [-0.3, -0.25) is 4.90 Å². The lowest BCUT2D eigenvalue weighted by Gasteiger charge is -2.61. The Balaban J connectivity index is 1.51. The molecule has 2 nitrogen and oxygen atoms in total. The third-order valence-electron chi connectivity index (χ3n) is 4.99. The first kappa shape index (κ1) is 13.3. The average Bonchev–Trinajstić information content (AvgIpc) is 2.75. The van der Waals surface area contributed by atoms with Crippen molar-refractivity contribution in [3.05, 3.63) is 33.6 Å². The first-order valence-corrected chi connectivity index (χ1v) is 8.83. The topological polar surface area (TPSA) is 23.5 Å². The molecule has 1 aliphatic heterocycles. The summed E-state index contributed by atoms with van der Waals surface area (Å²) in [5, 5.41) is 10.6.